The lowest BCUT2D eigenvalue weighted by Crippen LogP contribution is -2.66. The van der Waals surface area contributed by atoms with E-state index >= 15 is 0 Å². The summed E-state index contributed by atoms with van der Waals surface area (Å²) in [4.78, 5) is 53.2. The molecule has 6 rings (SSSR count). The highest BCUT2D eigenvalue weighted by Crippen LogP contribution is 2.79. The van der Waals surface area contributed by atoms with Crippen molar-refractivity contribution in [2.45, 2.75) is 110 Å². The number of hydrogen-bond donors (Lipinski definition) is 2. The molecule has 0 aromatic heterocycles. The van der Waals surface area contributed by atoms with Gasteiger partial charge in [-0.25, -0.2) is 9.59 Å². The Bertz CT molecular complexity index is 1500. The van der Waals surface area contributed by atoms with Crippen molar-refractivity contribution >= 4 is 23.9 Å². The maximum absolute atomic E-state index is 13.9. The summed E-state index contributed by atoms with van der Waals surface area (Å²) in [5, 5.41) is 25.0. The van der Waals surface area contributed by atoms with Crippen LogP contribution in [0.2, 0.25) is 0 Å². The number of esters is 4. The average Bonchev–Trinajstić information content (AvgIpc) is 3.31. The Balaban J connectivity index is 1.64. The summed E-state index contributed by atoms with van der Waals surface area (Å²) in [5.41, 5.74) is -4.76. The summed E-state index contributed by atoms with van der Waals surface area (Å²) in [7, 11) is 0. The van der Waals surface area contributed by atoms with Gasteiger partial charge in [0.2, 0.25) is 0 Å². The SMILES string of the molecule is C/C=C(\C)C(=O)O[C@@H]1C[C@H]2[C@@H]([C@H]3[C@@]4(C)OC(O)[C@@]13[C@H](OC(C)=O)[C@H]1[C@@H](OC(C)=O)[C@@H](C)C[C@]1(OC(=O)c1ccccc1)[C@@H]4O)C2(C)C. The molecule has 5 fully saturated rings. The first-order valence-electron chi connectivity index (χ1n) is 16.5. The van der Waals surface area contributed by atoms with E-state index < -0.39 is 89.0 Å². The first-order chi connectivity index (χ1) is 22.0. The molecule has 1 aromatic rings. The molecule has 11 heteroatoms. The van der Waals surface area contributed by atoms with Crippen LogP contribution in [0.1, 0.15) is 78.6 Å². The normalized spacial score (nSPS) is 44.2. The zero-order chi connectivity index (χ0) is 34.4. The van der Waals surface area contributed by atoms with Crippen molar-refractivity contribution in [1.82, 2.24) is 0 Å². The van der Waals surface area contributed by atoms with Crippen LogP contribution in [-0.2, 0) is 38.1 Å². The van der Waals surface area contributed by atoms with Gasteiger partial charge >= 0.3 is 23.9 Å². The van der Waals surface area contributed by atoms with E-state index in [9.17, 15) is 29.4 Å². The highest BCUT2D eigenvalue weighted by atomic mass is 16.7. The molecular weight excluding hydrogens is 608 g/mol. The van der Waals surface area contributed by atoms with Crippen LogP contribution in [0, 0.1) is 40.4 Å². The molecule has 1 unspecified atom stereocenters. The van der Waals surface area contributed by atoms with Crippen LogP contribution in [-0.4, -0.2) is 76.0 Å². The largest absolute Gasteiger partial charge is 0.462 e. The molecule has 11 nitrogen and oxygen atoms in total. The number of hydrogen-bond acceptors (Lipinski definition) is 11. The Hall–Kier alpha value is -3.28. The van der Waals surface area contributed by atoms with Crippen LogP contribution >= 0.6 is 0 Å². The van der Waals surface area contributed by atoms with Gasteiger partial charge in [-0.3, -0.25) is 9.59 Å². The molecule has 4 aliphatic carbocycles. The first kappa shape index (κ1) is 33.6. The Labute approximate surface area is 274 Å². The monoisotopic (exact) mass is 654 g/mol. The Morgan fingerprint density at radius 2 is 1.57 bits per heavy atom. The predicted molar refractivity (Wildman–Crippen MR) is 165 cm³/mol. The molecule has 5 aliphatic rings. The summed E-state index contributed by atoms with van der Waals surface area (Å²) in [5.74, 6) is -5.19. The zero-order valence-corrected chi connectivity index (χ0v) is 28.2. The summed E-state index contributed by atoms with van der Waals surface area (Å²) < 4.78 is 31.4. The molecule has 47 heavy (non-hydrogen) atoms. The second kappa shape index (κ2) is 11.1. The van der Waals surface area contributed by atoms with Crippen LogP contribution in [0.15, 0.2) is 42.0 Å². The van der Waals surface area contributed by atoms with E-state index in [-0.39, 0.29) is 29.2 Å². The fourth-order valence-electron chi connectivity index (χ4n) is 10.3. The molecule has 0 amide bonds. The smallest absolute Gasteiger partial charge is 0.338 e. The standard InChI is InChI=1S/C36H46O11/c1-9-17(2)29(39)45-23-15-22-24(33(22,6)7)27-34(8)31(41)35(46-30(40)21-13-11-10-12-14-21)16-18(3)26(43-19(4)37)25(35)28(44-20(5)38)36(23,27)32(42)47-34/h9-14,18,22-28,31-32,41-42H,15-16H2,1-8H3/b17-9+/t18-,22-,23+,24-,25+,26-,27-,28+,31+,32?,34+,35+,36-/m0/s1. The van der Waals surface area contributed by atoms with Crippen LogP contribution < -0.4 is 0 Å². The van der Waals surface area contributed by atoms with E-state index in [4.69, 9.17) is 23.7 Å². The quantitative estimate of drug-likeness (QED) is 0.262. The average molecular weight is 655 g/mol. The van der Waals surface area contributed by atoms with Gasteiger partial charge in [-0.15, -0.1) is 0 Å². The van der Waals surface area contributed by atoms with Crippen molar-refractivity contribution in [2.24, 2.45) is 40.4 Å². The van der Waals surface area contributed by atoms with Crippen molar-refractivity contribution in [3.63, 3.8) is 0 Å². The Morgan fingerprint density at radius 3 is 2.17 bits per heavy atom. The second-order valence-corrected chi connectivity index (χ2v) is 15.1. The van der Waals surface area contributed by atoms with Crippen molar-refractivity contribution in [1.29, 1.82) is 0 Å². The number of ether oxygens (including phenoxy) is 5. The van der Waals surface area contributed by atoms with Gasteiger partial charge in [-0.2, -0.15) is 0 Å². The third kappa shape index (κ3) is 4.63. The Kier molecular flexibility index (Phi) is 7.96. The number of carbonyl (C=O) groups excluding carboxylic acids is 4. The van der Waals surface area contributed by atoms with Crippen LogP contribution in [0.4, 0.5) is 0 Å². The summed E-state index contributed by atoms with van der Waals surface area (Å²) in [6.07, 6.45) is -4.70. The second-order valence-electron chi connectivity index (χ2n) is 15.1. The van der Waals surface area contributed by atoms with Crippen LogP contribution in [0.5, 0.6) is 0 Å². The highest BCUT2D eigenvalue weighted by molar-refractivity contribution is 5.90. The van der Waals surface area contributed by atoms with E-state index in [1.807, 2.05) is 6.92 Å². The van der Waals surface area contributed by atoms with Gasteiger partial charge in [0.25, 0.3) is 0 Å². The van der Waals surface area contributed by atoms with E-state index in [1.165, 1.54) is 13.8 Å². The first-order valence-corrected chi connectivity index (χ1v) is 16.5. The topological polar surface area (TPSA) is 155 Å². The summed E-state index contributed by atoms with van der Waals surface area (Å²) >= 11 is 0. The molecule has 2 bridgehead atoms. The fraction of sp³-hybridized carbons (Fsp3) is 0.667. The predicted octanol–water partition coefficient (Wildman–Crippen LogP) is 3.74. The molecule has 4 saturated carbocycles. The molecule has 1 aromatic carbocycles. The Morgan fingerprint density at radius 1 is 0.936 bits per heavy atom. The molecular formula is C36H46O11. The third-order valence-electron chi connectivity index (χ3n) is 12.3. The molecule has 1 saturated heterocycles. The van der Waals surface area contributed by atoms with Gasteiger partial charge in [0.1, 0.15) is 35.4 Å². The maximum Gasteiger partial charge on any atom is 0.338 e. The van der Waals surface area contributed by atoms with Crippen LogP contribution in [0.25, 0.3) is 0 Å². The van der Waals surface area contributed by atoms with Gasteiger partial charge < -0.3 is 33.9 Å². The number of aliphatic hydroxyl groups excluding tert-OH is 2. The minimum Gasteiger partial charge on any atom is -0.462 e. The number of benzene rings is 1. The van der Waals surface area contributed by atoms with E-state index in [1.54, 1.807) is 57.2 Å². The lowest BCUT2D eigenvalue weighted by molar-refractivity contribution is -0.283. The molecule has 2 N–H and O–H groups in total. The number of allylic oxidation sites excluding steroid dienone is 1. The number of carbonyl (C=O) groups is 4. The molecule has 256 valence electrons. The van der Waals surface area contributed by atoms with Gasteiger partial charge in [0.05, 0.1) is 11.5 Å². The van der Waals surface area contributed by atoms with E-state index in [0.29, 0.717) is 12.0 Å². The van der Waals surface area contributed by atoms with Gasteiger partial charge in [0.15, 0.2) is 11.9 Å². The van der Waals surface area contributed by atoms with Crippen LogP contribution in [0.3, 0.4) is 0 Å². The fourth-order valence-corrected chi connectivity index (χ4v) is 10.3. The van der Waals surface area contributed by atoms with Gasteiger partial charge in [-0.05, 0) is 68.9 Å². The minimum absolute atomic E-state index is 0.0201. The van der Waals surface area contributed by atoms with Gasteiger partial charge in [0, 0.05) is 25.3 Å². The zero-order valence-electron chi connectivity index (χ0n) is 28.2. The maximum atomic E-state index is 13.9. The highest BCUT2D eigenvalue weighted by Gasteiger charge is 2.88. The molecule has 1 heterocycles. The number of aliphatic hydroxyl groups is 2. The van der Waals surface area contributed by atoms with Crippen molar-refractivity contribution in [3.05, 3.63) is 47.5 Å². The molecule has 1 aliphatic heterocycles. The molecule has 0 spiro atoms. The van der Waals surface area contributed by atoms with E-state index in [2.05, 4.69) is 13.8 Å². The van der Waals surface area contributed by atoms with Crippen molar-refractivity contribution < 1.29 is 53.1 Å². The lowest BCUT2D eigenvalue weighted by atomic mass is 9.56. The summed E-state index contributed by atoms with van der Waals surface area (Å²) in [6.45, 7) is 13.5. The minimum atomic E-state index is -1.81. The lowest BCUT2D eigenvalue weighted by Gasteiger charge is -2.52. The number of fused-ring (bicyclic) bond motifs is 2. The van der Waals surface area contributed by atoms with Crippen molar-refractivity contribution in [3.8, 4) is 0 Å². The number of rotatable bonds is 6. The van der Waals surface area contributed by atoms with E-state index in [0.717, 1.165) is 0 Å². The van der Waals surface area contributed by atoms with Crippen molar-refractivity contribution in [2.75, 3.05) is 0 Å². The molecule has 0 radical (unpaired) electrons. The summed E-state index contributed by atoms with van der Waals surface area (Å²) in [6, 6.07) is 8.31. The molecule has 13 atom stereocenters. The third-order valence-corrected chi connectivity index (χ3v) is 12.3. The van der Waals surface area contributed by atoms with Gasteiger partial charge in [-0.1, -0.05) is 45.0 Å².